The smallest absolute Gasteiger partial charge is 0.356 e. The Morgan fingerprint density at radius 2 is 1.91 bits per heavy atom. The Balaban J connectivity index is 2.02. The summed E-state index contributed by atoms with van der Waals surface area (Å²) in [5, 5.41) is 22.6. The van der Waals surface area contributed by atoms with Crippen LogP contribution in [0.25, 0.3) is 5.69 Å². The molecule has 8 nitrogen and oxygen atoms in total. The van der Waals surface area contributed by atoms with Gasteiger partial charge < -0.3 is 5.32 Å². The van der Waals surface area contributed by atoms with Crippen LogP contribution in [0, 0.1) is 13.7 Å². The van der Waals surface area contributed by atoms with Gasteiger partial charge in [0.05, 0.1) is 15.4 Å². The summed E-state index contributed by atoms with van der Waals surface area (Å²) in [6.07, 6.45) is -4.37. The fourth-order valence-electron chi connectivity index (χ4n) is 2.75. The second-order valence-electron chi connectivity index (χ2n) is 6.48. The first-order valence-electron chi connectivity index (χ1n) is 9.04. The lowest BCUT2D eigenvalue weighted by Gasteiger charge is -2.12. The highest BCUT2D eigenvalue weighted by molar-refractivity contribution is 14.1. The number of nitrogens with zero attached hydrogens (tertiary/aromatic N) is 4. The number of carbonyl (C=O) groups is 1. The zero-order valence-electron chi connectivity index (χ0n) is 16.4. The molecule has 1 aromatic heterocycles. The van der Waals surface area contributed by atoms with Gasteiger partial charge in [-0.1, -0.05) is 0 Å². The molecule has 0 aliphatic carbocycles. The largest absolute Gasteiger partial charge is 0.416 e. The summed E-state index contributed by atoms with van der Waals surface area (Å²) in [4.78, 5) is 21.7. The Morgan fingerprint density at radius 1 is 1.22 bits per heavy atom. The molecule has 32 heavy (non-hydrogen) atoms. The number of nitro benzene ring substituents is 1. The third kappa shape index (κ3) is 5.76. The molecule has 168 valence electrons. The molecular formula is C19H15F3IN5O3S. The Kier molecular flexibility index (Phi) is 7.38. The van der Waals surface area contributed by atoms with Crippen LogP contribution in [0.5, 0.6) is 0 Å². The van der Waals surface area contributed by atoms with Gasteiger partial charge >= 0.3 is 6.18 Å². The van der Waals surface area contributed by atoms with Gasteiger partial charge in [-0.05, 0) is 70.8 Å². The van der Waals surface area contributed by atoms with Gasteiger partial charge in [0.1, 0.15) is 5.82 Å². The first-order valence-corrected chi connectivity index (χ1v) is 10.9. The number of hydrogen-bond acceptors (Lipinski definition) is 6. The lowest BCUT2D eigenvalue weighted by Crippen LogP contribution is -2.23. The van der Waals surface area contributed by atoms with E-state index < -0.39 is 22.4 Å². The summed E-state index contributed by atoms with van der Waals surface area (Å²) in [5.74, 6) is 0.275. The van der Waals surface area contributed by atoms with Gasteiger partial charge in [-0.25, -0.2) is 0 Å². The molecule has 3 aromatic rings. The van der Waals surface area contributed by atoms with E-state index in [1.54, 1.807) is 16.7 Å². The molecule has 0 spiro atoms. The van der Waals surface area contributed by atoms with E-state index in [4.69, 9.17) is 0 Å². The van der Waals surface area contributed by atoms with Crippen LogP contribution in [-0.4, -0.2) is 32.1 Å². The molecule has 1 N–H and O–H groups in total. The number of nitrogens with one attached hydrogen (secondary N) is 1. The second-order valence-corrected chi connectivity index (χ2v) is 8.74. The van der Waals surface area contributed by atoms with Crippen LogP contribution in [0.1, 0.15) is 18.3 Å². The van der Waals surface area contributed by atoms with Crippen molar-refractivity contribution in [3.8, 4) is 5.69 Å². The third-order valence-electron chi connectivity index (χ3n) is 4.19. The van der Waals surface area contributed by atoms with Crippen molar-refractivity contribution in [3.05, 3.63) is 67.5 Å². The molecule has 0 bridgehead atoms. The van der Waals surface area contributed by atoms with Crippen LogP contribution in [0.2, 0.25) is 0 Å². The Morgan fingerprint density at radius 3 is 2.50 bits per heavy atom. The lowest BCUT2D eigenvalue weighted by molar-refractivity contribution is -0.388. The second kappa shape index (κ2) is 9.85. The number of carbonyl (C=O) groups excluding carboxylic acids is 1. The van der Waals surface area contributed by atoms with Gasteiger partial charge in [-0.15, -0.1) is 10.2 Å². The van der Waals surface area contributed by atoms with Gasteiger partial charge in [0.2, 0.25) is 11.1 Å². The first kappa shape index (κ1) is 24.0. The van der Waals surface area contributed by atoms with E-state index in [0.717, 1.165) is 27.5 Å². The SMILES string of the molecule is CC(=O)NCCc1nnc(Sc2ccc(C(F)(F)F)cc2[N+](=O)[O-])n1-c1ccc(I)cc1. The number of halogens is 4. The average Bonchev–Trinajstić information content (AvgIpc) is 3.10. The van der Waals surface area contributed by atoms with Crippen molar-refractivity contribution >= 4 is 45.9 Å². The topological polar surface area (TPSA) is 103 Å². The van der Waals surface area contributed by atoms with E-state index in [-0.39, 0.29) is 16.0 Å². The first-order chi connectivity index (χ1) is 15.1. The summed E-state index contributed by atoms with van der Waals surface area (Å²) >= 11 is 2.98. The molecular weight excluding hydrogens is 562 g/mol. The highest BCUT2D eigenvalue weighted by Crippen LogP contribution is 2.39. The van der Waals surface area contributed by atoms with Crippen molar-refractivity contribution in [3.63, 3.8) is 0 Å². The number of alkyl halides is 3. The molecule has 0 unspecified atom stereocenters. The van der Waals surface area contributed by atoms with Crippen LogP contribution >= 0.6 is 34.4 Å². The van der Waals surface area contributed by atoms with Gasteiger partial charge in [0.15, 0.2) is 0 Å². The number of hydrogen-bond donors (Lipinski definition) is 1. The number of benzene rings is 2. The van der Waals surface area contributed by atoms with Crippen LogP contribution in [0.4, 0.5) is 18.9 Å². The molecule has 0 radical (unpaired) electrons. The Hall–Kier alpha value is -2.68. The predicted octanol–water partition coefficient (Wildman–Crippen LogP) is 4.63. The van der Waals surface area contributed by atoms with E-state index >= 15 is 0 Å². The van der Waals surface area contributed by atoms with E-state index in [1.807, 2.05) is 12.1 Å². The highest BCUT2D eigenvalue weighted by atomic mass is 127. The normalized spacial score (nSPS) is 11.4. The minimum Gasteiger partial charge on any atom is -0.356 e. The maximum Gasteiger partial charge on any atom is 0.416 e. The molecule has 0 fully saturated rings. The standard InChI is InChI=1S/C19H15F3IN5O3S/c1-11(29)24-9-8-17-25-26-18(27(17)14-5-3-13(23)4-6-14)32-16-7-2-12(19(20,21)22)10-15(16)28(30)31/h2-7,10H,8-9H2,1H3,(H,24,29). The van der Waals surface area contributed by atoms with Crippen LogP contribution < -0.4 is 5.32 Å². The zero-order chi connectivity index (χ0) is 23.5. The summed E-state index contributed by atoms with van der Waals surface area (Å²) in [7, 11) is 0. The summed E-state index contributed by atoms with van der Waals surface area (Å²) in [6, 6.07) is 9.65. The van der Waals surface area contributed by atoms with E-state index in [1.165, 1.54) is 6.92 Å². The van der Waals surface area contributed by atoms with Gasteiger partial charge in [0.25, 0.3) is 5.69 Å². The molecule has 3 rings (SSSR count). The van der Waals surface area contributed by atoms with Crippen LogP contribution in [0.15, 0.2) is 52.5 Å². The predicted molar refractivity (Wildman–Crippen MR) is 119 cm³/mol. The van der Waals surface area contributed by atoms with E-state index in [0.29, 0.717) is 30.5 Å². The van der Waals surface area contributed by atoms with Gasteiger partial charge in [-0.2, -0.15) is 13.2 Å². The minimum absolute atomic E-state index is 0.00410. The fraction of sp³-hybridized carbons (Fsp3) is 0.211. The highest BCUT2D eigenvalue weighted by Gasteiger charge is 2.33. The van der Waals surface area contributed by atoms with Gasteiger partial charge in [0, 0.05) is 35.2 Å². The quantitative estimate of drug-likeness (QED) is 0.250. The molecule has 13 heteroatoms. The zero-order valence-corrected chi connectivity index (χ0v) is 19.4. The van der Waals surface area contributed by atoms with Crippen molar-refractivity contribution in [2.75, 3.05) is 6.54 Å². The third-order valence-corrected chi connectivity index (χ3v) is 5.92. The molecule has 1 heterocycles. The number of rotatable bonds is 7. The lowest BCUT2D eigenvalue weighted by atomic mass is 10.2. The van der Waals surface area contributed by atoms with E-state index in [9.17, 15) is 28.1 Å². The van der Waals surface area contributed by atoms with E-state index in [2.05, 4.69) is 38.1 Å². The van der Waals surface area contributed by atoms with Crippen molar-refractivity contribution in [2.24, 2.45) is 0 Å². The Bertz CT molecular complexity index is 1150. The molecule has 1 amide bonds. The van der Waals surface area contributed by atoms with Crippen molar-refractivity contribution < 1.29 is 22.9 Å². The maximum absolute atomic E-state index is 13.0. The van der Waals surface area contributed by atoms with Crippen molar-refractivity contribution in [1.82, 2.24) is 20.1 Å². The molecule has 2 aromatic carbocycles. The molecule has 0 atom stereocenters. The average molecular weight is 577 g/mol. The summed E-state index contributed by atoms with van der Waals surface area (Å²) < 4.78 is 41.6. The van der Waals surface area contributed by atoms with Gasteiger partial charge in [-0.3, -0.25) is 19.5 Å². The number of aromatic nitrogens is 3. The van der Waals surface area contributed by atoms with Crippen LogP contribution in [0.3, 0.4) is 0 Å². The maximum atomic E-state index is 13.0. The summed E-state index contributed by atoms with van der Waals surface area (Å²) in [5.41, 5.74) is -1.12. The molecule has 0 aliphatic rings. The number of nitro groups is 1. The van der Waals surface area contributed by atoms with Crippen molar-refractivity contribution in [2.45, 2.75) is 29.6 Å². The van der Waals surface area contributed by atoms with Crippen LogP contribution in [-0.2, 0) is 17.4 Å². The summed E-state index contributed by atoms with van der Waals surface area (Å²) in [6.45, 7) is 1.68. The molecule has 0 aliphatic heterocycles. The number of amides is 1. The molecule has 0 saturated carbocycles. The Labute approximate surface area is 197 Å². The molecule has 0 saturated heterocycles. The minimum atomic E-state index is -4.70. The fourth-order valence-corrected chi connectivity index (χ4v) is 4.06. The monoisotopic (exact) mass is 577 g/mol. The van der Waals surface area contributed by atoms with Crippen molar-refractivity contribution in [1.29, 1.82) is 0 Å².